The average molecular weight is 409 g/mol. The molecule has 0 aromatic heterocycles. The zero-order valence-corrected chi connectivity index (χ0v) is 15.7. The molecule has 1 saturated carbocycles. The third kappa shape index (κ3) is 2.07. The summed E-state index contributed by atoms with van der Waals surface area (Å²) in [6.45, 7) is 3.55. The zero-order valence-electron chi connectivity index (χ0n) is 15.0. The van der Waals surface area contributed by atoms with E-state index in [-0.39, 0.29) is 25.0 Å². The molecule has 0 aromatic carbocycles. The van der Waals surface area contributed by atoms with Crippen LogP contribution in [-0.4, -0.2) is 88.5 Å². The molecular formula is C15H23ClN3O8-. The Kier molecular flexibility index (Phi) is 3.94. The van der Waals surface area contributed by atoms with Crippen LogP contribution in [0.1, 0.15) is 13.8 Å². The van der Waals surface area contributed by atoms with E-state index in [0.29, 0.717) is 0 Å². The number of hydrogen-bond acceptors (Lipinski definition) is 11. The second kappa shape index (κ2) is 5.43. The Morgan fingerprint density at radius 3 is 2.52 bits per heavy atom. The van der Waals surface area contributed by atoms with Gasteiger partial charge in [0, 0.05) is 7.11 Å². The quantitative estimate of drug-likeness (QED) is 0.283. The number of nitrogens with zero attached hydrogens (tertiary/aromatic N) is 1. The van der Waals surface area contributed by atoms with Gasteiger partial charge in [0.1, 0.15) is 23.9 Å². The number of nitrogens with one attached hydrogen (secondary N) is 1. The molecule has 6 N–H and O–H groups in total. The fourth-order valence-corrected chi connectivity index (χ4v) is 5.30. The first-order valence-electron chi connectivity index (χ1n) is 8.52. The molecule has 6 unspecified atom stereocenters. The molecular weight excluding hydrogens is 386 g/mol. The van der Waals surface area contributed by atoms with Crippen LogP contribution in [0.25, 0.3) is 0 Å². The van der Waals surface area contributed by atoms with Crippen LogP contribution in [0.5, 0.6) is 0 Å². The standard InChI is InChI=1S/C15H23N3O8.ClH/c1-12(2)23-4-13(26-12)7-5-9(22-3)17-11(16)18-14(5)6(19)8(13)25-15(21,24-7)10(14)20;/h5-10,19-21H,4H2,1-3H3,(H3,16,17,18);1H/p-1/t5?,6-,7?,8?,9+,10-,13?,14?,15?;/m0./s1. The summed E-state index contributed by atoms with van der Waals surface area (Å²) in [5, 5.41) is 35.7. The van der Waals surface area contributed by atoms with Crippen molar-refractivity contribution in [1.82, 2.24) is 5.32 Å². The van der Waals surface area contributed by atoms with Gasteiger partial charge >= 0.3 is 5.97 Å². The topological polar surface area (TPSA) is 157 Å². The molecule has 2 spiro atoms. The van der Waals surface area contributed by atoms with Gasteiger partial charge in [0.25, 0.3) is 0 Å². The molecule has 5 fully saturated rings. The van der Waals surface area contributed by atoms with Gasteiger partial charge in [-0.15, -0.1) is 0 Å². The highest BCUT2D eigenvalue weighted by Gasteiger charge is 2.85. The minimum Gasteiger partial charge on any atom is -1.00 e. The van der Waals surface area contributed by atoms with Crippen molar-refractivity contribution in [3.63, 3.8) is 0 Å². The van der Waals surface area contributed by atoms with E-state index in [1.165, 1.54) is 7.11 Å². The maximum atomic E-state index is 11.2. The second-order valence-corrected chi connectivity index (χ2v) is 8.02. The molecule has 0 radical (unpaired) electrons. The average Bonchev–Trinajstić information content (AvgIpc) is 2.89. The number of guanidine groups is 1. The van der Waals surface area contributed by atoms with Crippen LogP contribution in [0.15, 0.2) is 4.99 Å². The van der Waals surface area contributed by atoms with E-state index in [4.69, 9.17) is 29.4 Å². The summed E-state index contributed by atoms with van der Waals surface area (Å²) in [7, 11) is 1.44. The summed E-state index contributed by atoms with van der Waals surface area (Å²) in [6, 6.07) is 0. The molecule has 1 aliphatic carbocycles. The largest absolute Gasteiger partial charge is 1.00 e. The maximum absolute atomic E-state index is 11.2. The molecule has 0 amide bonds. The molecule has 0 aromatic rings. The Bertz CT molecular complexity index is 696. The lowest BCUT2D eigenvalue weighted by atomic mass is 9.55. The Morgan fingerprint density at radius 2 is 1.93 bits per heavy atom. The molecule has 154 valence electrons. The number of aliphatic hydroxyl groups excluding tert-OH is 2. The van der Waals surface area contributed by atoms with Crippen LogP contribution in [0.3, 0.4) is 0 Å². The third-order valence-electron chi connectivity index (χ3n) is 6.25. The molecule has 4 saturated heterocycles. The van der Waals surface area contributed by atoms with Gasteiger partial charge < -0.3 is 62.5 Å². The Morgan fingerprint density at radius 1 is 1.26 bits per heavy atom. The van der Waals surface area contributed by atoms with Gasteiger partial charge in [0.15, 0.2) is 29.7 Å². The number of aliphatic hydroxyl groups is 3. The van der Waals surface area contributed by atoms with Crippen molar-refractivity contribution in [2.24, 2.45) is 16.6 Å². The van der Waals surface area contributed by atoms with Crippen molar-refractivity contribution in [2.75, 3.05) is 13.7 Å². The summed E-state index contributed by atoms with van der Waals surface area (Å²) in [4.78, 5) is 4.22. The van der Waals surface area contributed by atoms with Crippen molar-refractivity contribution in [3.8, 4) is 0 Å². The molecule has 6 aliphatic rings. The lowest BCUT2D eigenvalue weighted by Crippen LogP contribution is -3.00. The van der Waals surface area contributed by atoms with Crippen LogP contribution in [-0.2, 0) is 23.7 Å². The first kappa shape index (κ1) is 19.6. The molecule has 9 atom stereocenters. The Balaban J connectivity index is 0.00000180. The van der Waals surface area contributed by atoms with Gasteiger partial charge in [-0.1, -0.05) is 0 Å². The van der Waals surface area contributed by atoms with Gasteiger partial charge in [-0.2, -0.15) is 0 Å². The van der Waals surface area contributed by atoms with Crippen molar-refractivity contribution in [1.29, 1.82) is 0 Å². The highest BCUT2D eigenvalue weighted by Crippen LogP contribution is 2.61. The molecule has 27 heavy (non-hydrogen) atoms. The number of hydrogen-bond donors (Lipinski definition) is 5. The van der Waals surface area contributed by atoms with Crippen LogP contribution in [0, 0.1) is 5.92 Å². The van der Waals surface area contributed by atoms with E-state index < -0.39 is 59.5 Å². The summed E-state index contributed by atoms with van der Waals surface area (Å²) >= 11 is 0. The van der Waals surface area contributed by atoms with Crippen molar-refractivity contribution in [3.05, 3.63) is 0 Å². The summed E-state index contributed by atoms with van der Waals surface area (Å²) < 4.78 is 28.7. The zero-order chi connectivity index (χ0) is 18.7. The number of rotatable bonds is 1. The van der Waals surface area contributed by atoms with Crippen molar-refractivity contribution >= 4 is 5.96 Å². The lowest BCUT2D eigenvalue weighted by Gasteiger charge is -2.71. The smallest absolute Gasteiger partial charge is 0.311 e. The lowest BCUT2D eigenvalue weighted by molar-refractivity contribution is -0.547. The molecule has 12 heteroatoms. The number of halogens is 1. The fourth-order valence-electron chi connectivity index (χ4n) is 5.30. The van der Waals surface area contributed by atoms with Crippen molar-refractivity contribution < 1.29 is 51.4 Å². The van der Waals surface area contributed by atoms with E-state index in [0.717, 1.165) is 0 Å². The fraction of sp³-hybridized carbons (Fsp3) is 0.933. The normalized spacial score (nSPS) is 57.0. The molecule has 6 rings (SSSR count). The highest BCUT2D eigenvalue weighted by atomic mass is 35.5. The number of aliphatic imine (C=N–C) groups is 1. The van der Waals surface area contributed by atoms with Gasteiger partial charge in [0.05, 0.1) is 12.5 Å². The van der Waals surface area contributed by atoms with Gasteiger partial charge in [-0.05, 0) is 13.8 Å². The minimum atomic E-state index is -2.32. The first-order valence-corrected chi connectivity index (χ1v) is 8.52. The van der Waals surface area contributed by atoms with E-state index in [9.17, 15) is 15.3 Å². The molecule has 4 bridgehead atoms. The van der Waals surface area contributed by atoms with Crippen molar-refractivity contribution in [2.45, 2.75) is 67.4 Å². The minimum absolute atomic E-state index is 0. The van der Waals surface area contributed by atoms with Crippen LogP contribution in [0.4, 0.5) is 0 Å². The van der Waals surface area contributed by atoms with Crippen LogP contribution < -0.4 is 23.5 Å². The molecule has 5 heterocycles. The molecule has 11 nitrogen and oxygen atoms in total. The maximum Gasteiger partial charge on any atom is 0.311 e. The Labute approximate surface area is 161 Å². The Hall–Kier alpha value is -0.760. The summed E-state index contributed by atoms with van der Waals surface area (Å²) in [5.41, 5.74) is 3.19. The monoisotopic (exact) mass is 408 g/mol. The van der Waals surface area contributed by atoms with Gasteiger partial charge in [-0.25, -0.2) is 4.99 Å². The number of nitrogens with two attached hydrogens (primary N) is 1. The summed E-state index contributed by atoms with van der Waals surface area (Å²) in [5.74, 6) is -4.00. The van der Waals surface area contributed by atoms with Gasteiger partial charge in [0.2, 0.25) is 0 Å². The SMILES string of the molecule is CO[C@H]1N=C(N)NC23C1C1OC(O)(OC([C@@H]2O)C12COC(C)(C)O2)[C@H]3O.[Cl-]. The second-order valence-electron chi connectivity index (χ2n) is 8.02. The molecule has 5 aliphatic heterocycles. The van der Waals surface area contributed by atoms with Gasteiger partial charge in [-0.3, -0.25) is 0 Å². The van der Waals surface area contributed by atoms with E-state index in [2.05, 4.69) is 10.3 Å². The number of methoxy groups -OCH3 is 1. The first-order chi connectivity index (χ1) is 12.1. The number of ether oxygens (including phenoxy) is 5. The van der Waals surface area contributed by atoms with E-state index in [1.54, 1.807) is 13.8 Å². The van der Waals surface area contributed by atoms with E-state index >= 15 is 0 Å². The highest BCUT2D eigenvalue weighted by molar-refractivity contribution is 5.80. The summed E-state index contributed by atoms with van der Waals surface area (Å²) in [6.07, 6.45) is -5.63. The van der Waals surface area contributed by atoms with Crippen LogP contribution in [0.2, 0.25) is 0 Å². The van der Waals surface area contributed by atoms with E-state index in [1.807, 2.05) is 0 Å². The van der Waals surface area contributed by atoms with Crippen LogP contribution >= 0.6 is 0 Å². The predicted molar refractivity (Wildman–Crippen MR) is 82.3 cm³/mol. The predicted octanol–water partition coefficient (Wildman–Crippen LogP) is -6.06. The third-order valence-corrected chi connectivity index (χ3v) is 6.25.